The fraction of sp³-hybridized carbons (Fsp3) is 0.500. The summed E-state index contributed by atoms with van der Waals surface area (Å²) in [5, 5.41) is 0. The number of nitrogens with zero attached hydrogens (tertiary/aromatic N) is 1. The summed E-state index contributed by atoms with van der Waals surface area (Å²) in [7, 11) is -3.53. The molecule has 0 amide bonds. The molecular weight excluding hydrogens is 284 g/mol. The van der Waals surface area contributed by atoms with E-state index in [0.717, 1.165) is 31.2 Å². The lowest BCUT2D eigenvalue weighted by atomic mass is 10.1. The Labute approximate surface area is 127 Å². The molecule has 0 aromatic heterocycles. The van der Waals surface area contributed by atoms with Gasteiger partial charge in [0.2, 0.25) is 10.0 Å². The normalized spacial score (nSPS) is 16.5. The first-order valence-corrected chi connectivity index (χ1v) is 8.95. The van der Waals surface area contributed by atoms with Crippen LogP contribution >= 0.6 is 0 Å². The first-order valence-electron chi connectivity index (χ1n) is 7.51. The van der Waals surface area contributed by atoms with Gasteiger partial charge in [-0.15, -0.1) is 6.58 Å². The lowest BCUT2D eigenvalue weighted by molar-refractivity contribution is 0.347. The van der Waals surface area contributed by atoms with Crippen LogP contribution in [-0.2, 0) is 16.4 Å². The van der Waals surface area contributed by atoms with Crippen molar-refractivity contribution < 1.29 is 8.42 Å². The van der Waals surface area contributed by atoms with Gasteiger partial charge in [0.1, 0.15) is 0 Å². The van der Waals surface area contributed by atoms with Gasteiger partial charge in [0.05, 0.1) is 4.90 Å². The predicted octanol–water partition coefficient (Wildman–Crippen LogP) is 2.95. The number of hydrogen-bond donors (Lipinski definition) is 1. The van der Waals surface area contributed by atoms with Crippen molar-refractivity contribution in [3.05, 3.63) is 36.4 Å². The fourth-order valence-corrected chi connectivity index (χ4v) is 4.98. The molecule has 1 aromatic carbocycles. The molecule has 0 heterocycles. The van der Waals surface area contributed by atoms with E-state index in [-0.39, 0.29) is 6.04 Å². The van der Waals surface area contributed by atoms with Crippen molar-refractivity contribution in [2.24, 2.45) is 0 Å². The summed E-state index contributed by atoms with van der Waals surface area (Å²) in [5.41, 5.74) is 7.10. The molecule has 1 saturated carbocycles. The molecule has 0 bridgehead atoms. The maximum Gasteiger partial charge on any atom is 0.243 e. The van der Waals surface area contributed by atoms with E-state index in [0.29, 0.717) is 23.5 Å². The molecule has 21 heavy (non-hydrogen) atoms. The highest BCUT2D eigenvalue weighted by molar-refractivity contribution is 7.89. The molecule has 1 aliphatic carbocycles. The highest BCUT2D eigenvalue weighted by atomic mass is 32.2. The van der Waals surface area contributed by atoms with Gasteiger partial charge in [0.25, 0.3) is 0 Å². The Hall–Kier alpha value is -1.33. The van der Waals surface area contributed by atoms with Crippen LogP contribution in [0.15, 0.2) is 35.7 Å². The van der Waals surface area contributed by atoms with Crippen LogP contribution in [0.1, 0.15) is 38.2 Å². The maximum absolute atomic E-state index is 13.1. The minimum Gasteiger partial charge on any atom is -0.399 e. The van der Waals surface area contributed by atoms with E-state index >= 15 is 0 Å². The van der Waals surface area contributed by atoms with Crippen LogP contribution in [0.3, 0.4) is 0 Å². The zero-order valence-electron chi connectivity index (χ0n) is 12.6. The summed E-state index contributed by atoms with van der Waals surface area (Å²) in [6.07, 6.45) is 6.36. The van der Waals surface area contributed by atoms with Crippen molar-refractivity contribution in [2.75, 3.05) is 12.3 Å². The van der Waals surface area contributed by atoms with Gasteiger partial charge in [-0.2, -0.15) is 4.31 Å². The molecule has 1 aliphatic rings. The van der Waals surface area contributed by atoms with E-state index < -0.39 is 10.0 Å². The van der Waals surface area contributed by atoms with Crippen LogP contribution in [0.2, 0.25) is 0 Å². The van der Waals surface area contributed by atoms with Crippen LogP contribution < -0.4 is 5.73 Å². The van der Waals surface area contributed by atoms with Crippen molar-refractivity contribution in [2.45, 2.75) is 50.0 Å². The third kappa shape index (κ3) is 3.30. The molecule has 0 unspecified atom stereocenters. The Kier molecular flexibility index (Phi) is 5.06. The number of sulfonamides is 1. The van der Waals surface area contributed by atoms with E-state index in [1.165, 1.54) is 0 Å². The third-order valence-electron chi connectivity index (χ3n) is 4.10. The maximum atomic E-state index is 13.1. The van der Waals surface area contributed by atoms with Crippen molar-refractivity contribution in [1.82, 2.24) is 4.31 Å². The lowest BCUT2D eigenvalue weighted by Crippen LogP contribution is -2.39. The van der Waals surface area contributed by atoms with Gasteiger partial charge < -0.3 is 5.73 Å². The first kappa shape index (κ1) is 16.0. The standard InChI is InChI=1S/C16H24N2O2S/c1-3-11-18(15-7-5-6-8-15)21(19,20)16-12-14(17)10-9-13(16)4-2/h3,9-10,12,15H,1,4-8,11,17H2,2H3. The largest absolute Gasteiger partial charge is 0.399 e. The summed E-state index contributed by atoms with van der Waals surface area (Å²) in [6.45, 7) is 6.02. The van der Waals surface area contributed by atoms with Crippen LogP contribution in [-0.4, -0.2) is 25.3 Å². The van der Waals surface area contributed by atoms with Crippen molar-refractivity contribution in [3.8, 4) is 0 Å². The van der Waals surface area contributed by atoms with Gasteiger partial charge in [-0.25, -0.2) is 8.42 Å². The Morgan fingerprint density at radius 1 is 1.38 bits per heavy atom. The highest BCUT2D eigenvalue weighted by Crippen LogP contribution is 2.30. The van der Waals surface area contributed by atoms with Crippen molar-refractivity contribution in [1.29, 1.82) is 0 Å². The minimum atomic E-state index is -3.53. The number of rotatable bonds is 6. The van der Waals surface area contributed by atoms with Gasteiger partial charge in [-0.05, 0) is 37.0 Å². The van der Waals surface area contributed by atoms with Gasteiger partial charge in [-0.3, -0.25) is 0 Å². The highest BCUT2D eigenvalue weighted by Gasteiger charge is 2.33. The molecule has 1 fully saturated rings. The average molecular weight is 308 g/mol. The molecule has 5 heteroatoms. The van der Waals surface area contributed by atoms with Crippen LogP contribution in [0, 0.1) is 0 Å². The molecule has 0 aliphatic heterocycles. The number of nitrogen functional groups attached to an aromatic ring is 1. The number of benzene rings is 1. The van der Waals surface area contributed by atoms with Gasteiger partial charge in [0.15, 0.2) is 0 Å². The van der Waals surface area contributed by atoms with Gasteiger partial charge in [0, 0.05) is 18.3 Å². The summed E-state index contributed by atoms with van der Waals surface area (Å²) >= 11 is 0. The topological polar surface area (TPSA) is 63.4 Å². The molecule has 0 atom stereocenters. The molecule has 1 aromatic rings. The SMILES string of the molecule is C=CCN(C1CCCC1)S(=O)(=O)c1cc(N)ccc1CC. The van der Waals surface area contributed by atoms with Gasteiger partial charge >= 0.3 is 0 Å². The van der Waals surface area contributed by atoms with E-state index in [9.17, 15) is 8.42 Å². The Morgan fingerprint density at radius 2 is 2.05 bits per heavy atom. The Bertz CT molecular complexity index is 605. The van der Waals surface area contributed by atoms with E-state index in [4.69, 9.17) is 5.73 Å². The van der Waals surface area contributed by atoms with E-state index in [2.05, 4.69) is 6.58 Å². The lowest BCUT2D eigenvalue weighted by Gasteiger charge is -2.28. The van der Waals surface area contributed by atoms with E-state index in [1.54, 1.807) is 22.5 Å². The zero-order valence-corrected chi connectivity index (χ0v) is 13.4. The number of nitrogens with two attached hydrogens (primary N) is 1. The van der Waals surface area contributed by atoms with Crippen molar-refractivity contribution >= 4 is 15.7 Å². The Morgan fingerprint density at radius 3 is 2.62 bits per heavy atom. The minimum absolute atomic E-state index is 0.0825. The number of hydrogen-bond acceptors (Lipinski definition) is 3. The fourth-order valence-electron chi connectivity index (χ4n) is 2.99. The van der Waals surface area contributed by atoms with Crippen molar-refractivity contribution in [3.63, 3.8) is 0 Å². The Balaban J connectivity index is 2.47. The summed E-state index contributed by atoms with van der Waals surface area (Å²) in [6, 6.07) is 5.23. The zero-order chi connectivity index (χ0) is 15.5. The van der Waals surface area contributed by atoms with E-state index in [1.807, 2.05) is 13.0 Å². The smallest absolute Gasteiger partial charge is 0.243 e. The molecule has 4 nitrogen and oxygen atoms in total. The van der Waals surface area contributed by atoms with Crippen LogP contribution in [0.25, 0.3) is 0 Å². The van der Waals surface area contributed by atoms with Crippen LogP contribution in [0.5, 0.6) is 0 Å². The molecule has 0 spiro atoms. The second-order valence-electron chi connectivity index (χ2n) is 5.52. The molecule has 2 N–H and O–H groups in total. The quantitative estimate of drug-likeness (QED) is 0.649. The van der Waals surface area contributed by atoms with Crippen LogP contribution in [0.4, 0.5) is 5.69 Å². The average Bonchev–Trinajstić information content (AvgIpc) is 2.98. The summed E-state index contributed by atoms with van der Waals surface area (Å²) in [5.74, 6) is 0. The molecule has 0 radical (unpaired) electrons. The number of aryl methyl sites for hydroxylation is 1. The molecule has 2 rings (SSSR count). The second-order valence-corrected chi connectivity index (χ2v) is 7.38. The summed E-state index contributed by atoms with van der Waals surface area (Å²) in [4.78, 5) is 0.346. The molecule has 0 saturated heterocycles. The van der Waals surface area contributed by atoms with Gasteiger partial charge in [-0.1, -0.05) is 31.9 Å². The molecule has 116 valence electrons. The first-order chi connectivity index (χ1) is 10.0. The monoisotopic (exact) mass is 308 g/mol. The summed E-state index contributed by atoms with van der Waals surface area (Å²) < 4.78 is 27.7. The molecular formula is C16H24N2O2S. The predicted molar refractivity (Wildman–Crippen MR) is 86.6 cm³/mol. The second kappa shape index (κ2) is 6.62. The third-order valence-corrected chi connectivity index (χ3v) is 6.10. The number of anilines is 1.